The molecule has 3 nitrogen and oxygen atoms in total. The lowest BCUT2D eigenvalue weighted by atomic mass is 10.2. The van der Waals surface area contributed by atoms with E-state index in [-0.39, 0.29) is 0 Å². The molecular weight excluding hydrogens is 289 g/mol. The third-order valence-corrected chi connectivity index (χ3v) is 3.50. The molecule has 0 fully saturated rings. The number of pyridine rings is 1. The smallest absolute Gasteiger partial charge is 0.107 e. The Morgan fingerprint density at radius 3 is 2.69 bits per heavy atom. The highest BCUT2D eigenvalue weighted by Gasteiger charge is 2.13. The van der Waals surface area contributed by atoms with E-state index in [1.54, 1.807) is 12.4 Å². The fraction of sp³-hybridized carbons (Fsp3) is 0.273. The number of hydrogen-bond donors (Lipinski definition) is 0. The molecule has 0 spiro atoms. The van der Waals surface area contributed by atoms with E-state index in [1.165, 1.54) is 0 Å². The molecule has 0 saturated carbocycles. The molecule has 0 bridgehead atoms. The molecule has 2 heterocycles. The molecule has 0 aliphatic heterocycles. The normalized spacial score (nSPS) is 10.7. The second-order valence-corrected chi connectivity index (χ2v) is 4.57. The van der Waals surface area contributed by atoms with Crippen molar-refractivity contribution in [1.29, 1.82) is 0 Å². The molecule has 0 unspecified atom stereocenters. The molecule has 0 aliphatic rings. The van der Waals surface area contributed by atoms with Crippen LogP contribution in [0, 0.1) is 6.92 Å². The largest absolute Gasteiger partial charge is 0.267 e. The number of hydrogen-bond acceptors (Lipinski definition) is 2. The second kappa shape index (κ2) is 4.97. The zero-order valence-corrected chi connectivity index (χ0v) is 11.2. The summed E-state index contributed by atoms with van der Waals surface area (Å²) in [7, 11) is 0. The molecule has 0 radical (unpaired) electrons. The first-order chi connectivity index (χ1) is 7.74. The van der Waals surface area contributed by atoms with Crippen LogP contribution in [0.4, 0.5) is 0 Å². The van der Waals surface area contributed by atoms with E-state index < -0.39 is 0 Å². The summed E-state index contributed by atoms with van der Waals surface area (Å²) in [5.74, 6) is 0.560. The number of halogens is 2. The molecule has 0 N–H and O–H groups in total. The molecule has 0 amide bonds. The Bertz CT molecular complexity index is 481. The zero-order valence-electron chi connectivity index (χ0n) is 8.82. The predicted molar refractivity (Wildman–Crippen MR) is 68.6 cm³/mol. The number of nitrogens with zero attached hydrogens (tertiary/aromatic N) is 3. The first-order valence-electron chi connectivity index (χ1n) is 4.93. The average molecular weight is 301 g/mol. The fourth-order valence-electron chi connectivity index (χ4n) is 1.52. The molecule has 0 aromatic carbocycles. The van der Waals surface area contributed by atoms with E-state index in [4.69, 9.17) is 11.6 Å². The van der Waals surface area contributed by atoms with Crippen molar-refractivity contribution in [2.24, 2.45) is 0 Å². The molecule has 5 heteroatoms. The first kappa shape index (κ1) is 11.6. The number of aromatic nitrogens is 3. The standard InChI is InChI=1S/C11H11BrClN3/c1-8-10(12)11(15-16(8)7-4-13)9-2-5-14-6-3-9/h2-3,5-6H,4,7H2,1H3. The number of aryl methyl sites for hydroxylation is 1. The van der Waals surface area contributed by atoms with Crippen LogP contribution in [0.5, 0.6) is 0 Å². The summed E-state index contributed by atoms with van der Waals surface area (Å²) in [6.45, 7) is 2.74. The number of alkyl halides is 1. The predicted octanol–water partition coefficient (Wildman–Crippen LogP) is 3.25. The summed E-state index contributed by atoms with van der Waals surface area (Å²) in [5, 5.41) is 4.53. The van der Waals surface area contributed by atoms with Crippen molar-refractivity contribution in [3.63, 3.8) is 0 Å². The van der Waals surface area contributed by atoms with Crippen LogP contribution in [0.1, 0.15) is 5.69 Å². The van der Waals surface area contributed by atoms with Crippen molar-refractivity contribution in [1.82, 2.24) is 14.8 Å². The Morgan fingerprint density at radius 2 is 2.06 bits per heavy atom. The Balaban J connectivity index is 2.46. The van der Waals surface area contributed by atoms with Crippen molar-refractivity contribution < 1.29 is 0 Å². The molecule has 84 valence electrons. The highest BCUT2D eigenvalue weighted by Crippen LogP contribution is 2.29. The zero-order chi connectivity index (χ0) is 11.5. The van der Waals surface area contributed by atoms with Gasteiger partial charge in [-0.25, -0.2) is 0 Å². The van der Waals surface area contributed by atoms with Crippen molar-refractivity contribution in [2.75, 3.05) is 5.88 Å². The third kappa shape index (κ3) is 2.13. The quantitative estimate of drug-likeness (QED) is 0.815. The molecule has 0 aliphatic carbocycles. The minimum absolute atomic E-state index is 0.560. The Kier molecular flexibility index (Phi) is 3.61. The van der Waals surface area contributed by atoms with Crippen molar-refractivity contribution in [2.45, 2.75) is 13.5 Å². The molecule has 16 heavy (non-hydrogen) atoms. The van der Waals surface area contributed by atoms with Crippen LogP contribution in [0.25, 0.3) is 11.3 Å². The lowest BCUT2D eigenvalue weighted by Crippen LogP contribution is -2.03. The van der Waals surface area contributed by atoms with E-state index in [1.807, 2.05) is 23.7 Å². The van der Waals surface area contributed by atoms with Gasteiger partial charge in [-0.15, -0.1) is 11.6 Å². The molecule has 2 rings (SSSR count). The molecule has 0 atom stereocenters. The minimum atomic E-state index is 0.560. The van der Waals surface area contributed by atoms with Crippen molar-refractivity contribution in [3.05, 3.63) is 34.7 Å². The van der Waals surface area contributed by atoms with E-state index in [9.17, 15) is 0 Å². The monoisotopic (exact) mass is 299 g/mol. The van der Waals surface area contributed by atoms with E-state index in [0.29, 0.717) is 5.88 Å². The van der Waals surface area contributed by atoms with Crippen molar-refractivity contribution in [3.8, 4) is 11.3 Å². The summed E-state index contributed by atoms with van der Waals surface area (Å²) >= 11 is 9.29. The fourth-order valence-corrected chi connectivity index (χ4v) is 2.19. The van der Waals surface area contributed by atoms with Crippen LogP contribution < -0.4 is 0 Å². The van der Waals surface area contributed by atoms with Crippen molar-refractivity contribution >= 4 is 27.5 Å². The van der Waals surface area contributed by atoms with Gasteiger partial charge >= 0.3 is 0 Å². The van der Waals surface area contributed by atoms with E-state index >= 15 is 0 Å². The maximum absolute atomic E-state index is 5.73. The van der Waals surface area contributed by atoms with Gasteiger partial charge in [-0.2, -0.15) is 5.10 Å². The van der Waals surface area contributed by atoms with Gasteiger partial charge in [0.1, 0.15) is 5.69 Å². The molecule has 0 saturated heterocycles. The van der Waals surface area contributed by atoms with Gasteiger partial charge in [-0.1, -0.05) is 0 Å². The summed E-state index contributed by atoms with van der Waals surface area (Å²) in [5.41, 5.74) is 3.08. The van der Waals surface area contributed by atoms with E-state index in [2.05, 4.69) is 26.0 Å². The Hall–Kier alpha value is -0.870. The highest BCUT2D eigenvalue weighted by molar-refractivity contribution is 9.10. The average Bonchev–Trinajstić information content (AvgIpc) is 2.59. The van der Waals surface area contributed by atoms with E-state index in [0.717, 1.165) is 28.0 Å². The van der Waals surface area contributed by atoms with Gasteiger partial charge in [0, 0.05) is 23.8 Å². The van der Waals surface area contributed by atoms with Gasteiger partial charge in [-0.05, 0) is 35.0 Å². The van der Waals surface area contributed by atoms with Gasteiger partial charge < -0.3 is 0 Å². The first-order valence-corrected chi connectivity index (χ1v) is 6.26. The molecular formula is C11H11BrClN3. The van der Waals surface area contributed by atoms with Gasteiger partial charge in [0.2, 0.25) is 0 Å². The second-order valence-electron chi connectivity index (χ2n) is 3.40. The van der Waals surface area contributed by atoms with Crippen LogP contribution in [0.3, 0.4) is 0 Å². The summed E-state index contributed by atoms with van der Waals surface area (Å²) in [4.78, 5) is 4.00. The minimum Gasteiger partial charge on any atom is -0.267 e. The van der Waals surface area contributed by atoms with Gasteiger partial charge in [0.15, 0.2) is 0 Å². The third-order valence-electron chi connectivity index (χ3n) is 2.38. The summed E-state index contributed by atoms with van der Waals surface area (Å²) < 4.78 is 2.93. The Morgan fingerprint density at radius 1 is 1.38 bits per heavy atom. The van der Waals surface area contributed by atoms with Crippen LogP contribution >= 0.6 is 27.5 Å². The SMILES string of the molecule is Cc1c(Br)c(-c2ccncc2)nn1CCCl. The topological polar surface area (TPSA) is 30.7 Å². The number of rotatable bonds is 3. The summed E-state index contributed by atoms with van der Waals surface area (Å²) in [6.07, 6.45) is 3.52. The summed E-state index contributed by atoms with van der Waals surface area (Å²) in [6, 6.07) is 3.88. The molecule has 2 aromatic heterocycles. The van der Waals surface area contributed by atoms with Gasteiger partial charge in [0.05, 0.1) is 16.7 Å². The van der Waals surface area contributed by atoms with Crippen LogP contribution in [-0.2, 0) is 6.54 Å². The lowest BCUT2D eigenvalue weighted by molar-refractivity contribution is 0.645. The van der Waals surface area contributed by atoms with Gasteiger partial charge in [-0.3, -0.25) is 9.67 Å². The van der Waals surface area contributed by atoms with Crippen LogP contribution in [-0.4, -0.2) is 20.6 Å². The maximum Gasteiger partial charge on any atom is 0.107 e. The highest BCUT2D eigenvalue weighted by atomic mass is 79.9. The maximum atomic E-state index is 5.73. The van der Waals surface area contributed by atoms with Gasteiger partial charge in [0.25, 0.3) is 0 Å². The Labute approximate surface area is 108 Å². The molecule has 2 aromatic rings. The lowest BCUT2D eigenvalue weighted by Gasteiger charge is -1.98. The van der Waals surface area contributed by atoms with Crippen LogP contribution in [0.2, 0.25) is 0 Å². The van der Waals surface area contributed by atoms with Crippen LogP contribution in [0.15, 0.2) is 29.0 Å².